The topological polar surface area (TPSA) is 89.8 Å². The van der Waals surface area contributed by atoms with Crippen LogP contribution in [0.4, 0.5) is 5.95 Å². The number of rotatable bonds is 3. The first kappa shape index (κ1) is 14.5. The predicted octanol–water partition coefficient (Wildman–Crippen LogP) is 2.08. The van der Waals surface area contributed by atoms with Gasteiger partial charge in [-0.25, -0.2) is 13.1 Å². The molecule has 1 N–H and O–H groups in total. The maximum atomic E-state index is 12.0. The molecule has 0 amide bonds. The maximum Gasteiger partial charge on any atom is 0.267 e. The van der Waals surface area contributed by atoms with Gasteiger partial charge in [-0.1, -0.05) is 23.2 Å². The number of nitrogens with one attached hydrogen (secondary N) is 1. The molecule has 0 fully saturated rings. The summed E-state index contributed by atoms with van der Waals surface area (Å²) in [5, 5.41) is 3.78. The monoisotopic (exact) mass is 385 g/mol. The second-order valence-electron chi connectivity index (χ2n) is 3.40. The van der Waals surface area contributed by atoms with E-state index in [1.54, 1.807) is 7.05 Å². The van der Waals surface area contributed by atoms with E-state index in [4.69, 9.17) is 23.2 Å². The molecular weight excluding hydrogens is 381 g/mol. The predicted molar refractivity (Wildman–Crippen MR) is 73.8 cm³/mol. The van der Waals surface area contributed by atoms with Gasteiger partial charge in [0.05, 0.1) is 10.7 Å². The van der Waals surface area contributed by atoms with Crippen molar-refractivity contribution in [3.8, 4) is 0 Å². The van der Waals surface area contributed by atoms with Crippen LogP contribution < -0.4 is 4.72 Å². The number of aryl methyl sites for hydroxylation is 1. The van der Waals surface area contributed by atoms with Gasteiger partial charge >= 0.3 is 0 Å². The van der Waals surface area contributed by atoms with Gasteiger partial charge in [0.15, 0.2) is 0 Å². The van der Waals surface area contributed by atoms with Crippen molar-refractivity contribution >= 4 is 55.1 Å². The van der Waals surface area contributed by atoms with Crippen molar-refractivity contribution in [3.05, 3.63) is 27.2 Å². The molecule has 2 aromatic rings. The first-order valence-corrected chi connectivity index (χ1v) is 7.73. The van der Waals surface area contributed by atoms with Gasteiger partial charge in [0, 0.05) is 13.2 Å². The minimum Gasteiger partial charge on any atom is -0.274 e. The third kappa shape index (κ3) is 3.16. The lowest BCUT2D eigenvalue weighted by Crippen LogP contribution is -2.14. The van der Waals surface area contributed by atoms with Crippen LogP contribution in [0.5, 0.6) is 0 Å². The van der Waals surface area contributed by atoms with Gasteiger partial charge in [0.2, 0.25) is 5.95 Å². The smallest absolute Gasteiger partial charge is 0.267 e. The molecule has 0 bridgehead atoms. The van der Waals surface area contributed by atoms with Gasteiger partial charge in [-0.2, -0.15) is 15.1 Å². The zero-order valence-corrected chi connectivity index (χ0v) is 13.2. The highest BCUT2D eigenvalue weighted by Crippen LogP contribution is 2.28. The summed E-state index contributed by atoms with van der Waals surface area (Å²) in [5.41, 5.74) is 0. The van der Waals surface area contributed by atoms with Crippen LogP contribution in [0, 0.1) is 0 Å². The van der Waals surface area contributed by atoms with Gasteiger partial charge in [-0.05, 0) is 15.9 Å². The van der Waals surface area contributed by atoms with Crippen molar-refractivity contribution in [1.29, 1.82) is 0 Å². The van der Waals surface area contributed by atoms with Crippen LogP contribution in [0.15, 0.2) is 21.8 Å². The Morgan fingerprint density at radius 3 is 2.37 bits per heavy atom. The fourth-order valence-electron chi connectivity index (χ4n) is 1.16. The van der Waals surface area contributed by atoms with E-state index in [9.17, 15) is 8.42 Å². The summed E-state index contributed by atoms with van der Waals surface area (Å²) in [6, 6.07) is 0. The summed E-state index contributed by atoms with van der Waals surface area (Å²) in [5.74, 6) is -0.220. The number of anilines is 1. The summed E-state index contributed by atoms with van der Waals surface area (Å²) in [7, 11) is -2.23. The molecule has 7 nitrogen and oxygen atoms in total. The van der Waals surface area contributed by atoms with Crippen LogP contribution in [-0.4, -0.2) is 28.2 Å². The molecule has 0 saturated heterocycles. The van der Waals surface area contributed by atoms with Crippen LogP contribution >= 0.6 is 39.1 Å². The fraction of sp³-hybridized carbons (Fsp3) is 0.125. The molecule has 0 aromatic carbocycles. The first-order valence-electron chi connectivity index (χ1n) is 4.69. The molecule has 0 radical (unpaired) electrons. The van der Waals surface area contributed by atoms with Crippen molar-refractivity contribution in [1.82, 2.24) is 19.7 Å². The average Bonchev–Trinajstić information content (AvgIpc) is 2.73. The molecule has 11 heteroatoms. The Balaban J connectivity index is 2.36. The summed E-state index contributed by atoms with van der Waals surface area (Å²) >= 11 is 14.6. The Hall–Kier alpha value is -0.900. The Bertz CT molecular complexity index is 709. The van der Waals surface area contributed by atoms with Crippen molar-refractivity contribution in [2.24, 2.45) is 7.05 Å². The molecular formula is C8H6BrCl2N5O2S. The molecule has 0 atom stereocenters. The molecule has 2 rings (SSSR count). The fourth-order valence-corrected chi connectivity index (χ4v) is 2.65. The largest absolute Gasteiger partial charge is 0.274 e. The minimum atomic E-state index is -3.83. The van der Waals surface area contributed by atoms with Crippen molar-refractivity contribution in [2.75, 3.05) is 4.72 Å². The Morgan fingerprint density at radius 1 is 1.32 bits per heavy atom. The molecule has 0 aliphatic rings. The third-order valence-corrected chi connectivity index (χ3v) is 5.02. The lowest BCUT2D eigenvalue weighted by Gasteiger charge is -2.06. The van der Waals surface area contributed by atoms with Gasteiger partial charge in [0.25, 0.3) is 10.0 Å². The molecule has 0 spiro atoms. The molecule has 102 valence electrons. The zero-order valence-electron chi connectivity index (χ0n) is 9.30. The number of aromatic nitrogens is 4. The van der Waals surface area contributed by atoms with Crippen molar-refractivity contribution < 1.29 is 8.42 Å². The highest BCUT2D eigenvalue weighted by molar-refractivity contribution is 9.10. The molecule has 0 aliphatic heterocycles. The first-order chi connectivity index (χ1) is 8.79. The van der Waals surface area contributed by atoms with Gasteiger partial charge in [-0.3, -0.25) is 4.68 Å². The summed E-state index contributed by atoms with van der Waals surface area (Å²) < 4.78 is 27.8. The van der Waals surface area contributed by atoms with Crippen LogP contribution in [0.2, 0.25) is 10.3 Å². The summed E-state index contributed by atoms with van der Waals surface area (Å²) in [4.78, 5) is 7.49. The van der Waals surface area contributed by atoms with Crippen LogP contribution in [-0.2, 0) is 17.1 Å². The average molecular weight is 387 g/mol. The molecule has 0 unspecified atom stereocenters. The highest BCUT2D eigenvalue weighted by Gasteiger charge is 2.19. The maximum absolute atomic E-state index is 12.0. The van der Waals surface area contributed by atoms with E-state index in [1.165, 1.54) is 17.1 Å². The van der Waals surface area contributed by atoms with E-state index >= 15 is 0 Å². The molecule has 0 aliphatic carbocycles. The minimum absolute atomic E-state index is 0.00360. The molecule has 2 heterocycles. The standard InChI is InChI=1S/C8H6BrCl2N5O2S/c1-16-3-4(2-12-16)19(17,18)15-8-13-6(10)5(9)7(11)14-8/h2-3H,1H3,(H,13,14,15). The molecule has 2 aromatic heterocycles. The second-order valence-corrected chi connectivity index (χ2v) is 6.59. The number of halogens is 3. The van der Waals surface area contributed by atoms with Crippen LogP contribution in [0.25, 0.3) is 0 Å². The zero-order chi connectivity index (χ0) is 14.2. The van der Waals surface area contributed by atoms with Gasteiger partial charge in [-0.15, -0.1) is 0 Å². The van der Waals surface area contributed by atoms with Gasteiger partial charge < -0.3 is 0 Å². The van der Waals surface area contributed by atoms with Crippen molar-refractivity contribution in [2.45, 2.75) is 4.90 Å². The van der Waals surface area contributed by atoms with Crippen LogP contribution in [0.3, 0.4) is 0 Å². The van der Waals surface area contributed by atoms with E-state index in [0.29, 0.717) is 4.47 Å². The number of nitrogens with zero attached hydrogens (tertiary/aromatic N) is 4. The van der Waals surface area contributed by atoms with Gasteiger partial charge in [0.1, 0.15) is 15.2 Å². The Kier molecular flexibility index (Phi) is 4.00. The Morgan fingerprint density at radius 2 is 1.89 bits per heavy atom. The molecule has 0 saturated carbocycles. The lowest BCUT2D eigenvalue weighted by atomic mass is 10.7. The lowest BCUT2D eigenvalue weighted by molar-refractivity contribution is 0.600. The van der Waals surface area contributed by atoms with E-state index in [-0.39, 0.29) is 21.2 Å². The quantitative estimate of drug-likeness (QED) is 0.815. The summed E-state index contributed by atoms with van der Waals surface area (Å²) in [6.45, 7) is 0. The van der Waals surface area contributed by atoms with E-state index in [0.717, 1.165) is 0 Å². The summed E-state index contributed by atoms with van der Waals surface area (Å²) in [6.07, 6.45) is 2.54. The van der Waals surface area contributed by atoms with Crippen molar-refractivity contribution in [3.63, 3.8) is 0 Å². The SMILES string of the molecule is Cn1cc(S(=O)(=O)Nc2nc(Cl)c(Br)c(Cl)n2)cn1. The third-order valence-electron chi connectivity index (χ3n) is 1.99. The Labute approximate surface area is 127 Å². The van der Waals surface area contributed by atoms with E-state index in [2.05, 4.69) is 35.7 Å². The number of hydrogen-bond acceptors (Lipinski definition) is 5. The molecule has 19 heavy (non-hydrogen) atoms. The van der Waals surface area contributed by atoms with E-state index in [1.807, 2.05) is 0 Å². The van der Waals surface area contributed by atoms with Crippen LogP contribution in [0.1, 0.15) is 0 Å². The van der Waals surface area contributed by atoms with E-state index < -0.39 is 10.0 Å². The highest BCUT2D eigenvalue weighted by atomic mass is 79.9. The number of sulfonamides is 1. The second kappa shape index (κ2) is 5.23. The normalized spacial score (nSPS) is 11.6. The number of hydrogen-bond donors (Lipinski definition) is 1.